The summed E-state index contributed by atoms with van der Waals surface area (Å²) in [6, 6.07) is 16.2. The molecule has 2 aliphatic rings. The number of carbonyl (C=O) groups is 4. The highest BCUT2D eigenvalue weighted by atomic mass is 79.9. The normalized spacial score (nSPS) is 16.7. The number of rotatable bonds is 8. The number of nitrogens with zero attached hydrogens (tertiary/aromatic N) is 2. The Kier molecular flexibility index (Phi) is 8.46. The van der Waals surface area contributed by atoms with Crippen molar-refractivity contribution < 1.29 is 32.3 Å². The summed E-state index contributed by atoms with van der Waals surface area (Å²) in [5.74, 6) is -3.32. The van der Waals surface area contributed by atoms with Crippen molar-refractivity contribution in [2.24, 2.45) is 0 Å². The number of benzene rings is 3. The minimum atomic E-state index is -4.76. The summed E-state index contributed by atoms with van der Waals surface area (Å²) in [5.41, 5.74) is 2.04. The van der Waals surface area contributed by atoms with E-state index in [9.17, 15) is 27.6 Å². The van der Waals surface area contributed by atoms with E-state index in [1.165, 1.54) is 42.3 Å². The molecule has 10 nitrogen and oxygen atoms in total. The molecule has 0 aromatic heterocycles. The number of carbonyl (C=O) groups excluding carboxylic acids is 4. The van der Waals surface area contributed by atoms with Crippen LogP contribution in [0, 0.1) is 0 Å². The number of imide groups is 1. The molecular formula is C29H23Br2N3O7S. The Morgan fingerprint density at radius 1 is 0.929 bits per heavy atom. The molecule has 5 rings (SSSR count). The first-order valence-electron chi connectivity index (χ1n) is 12.7. The Morgan fingerprint density at radius 2 is 1.52 bits per heavy atom. The molecule has 0 radical (unpaired) electrons. The third-order valence-corrected chi connectivity index (χ3v) is 9.65. The van der Waals surface area contributed by atoms with Gasteiger partial charge in [-0.2, -0.15) is 17.4 Å². The zero-order valence-corrected chi connectivity index (χ0v) is 26.0. The fraction of sp³-hybridized carbons (Fsp3) is 0.172. The van der Waals surface area contributed by atoms with Crippen LogP contribution >= 0.6 is 31.9 Å². The standard InChI is InChI=1S/C29H23Br2N3O7S/c1-17(32-42(39,40)34-28(37)19-9-5-6-10-20(19)29(34)38)27(36)33-14-13-21-22(30)11-12-23(31)26(21)24(33)15-25(35)41-16-18-7-3-2-4-8-18/h2-14,17,24,32H,15-16H2,1H3/t17-,24?/m0/s1. The predicted octanol–water partition coefficient (Wildman–Crippen LogP) is 4.72. The van der Waals surface area contributed by atoms with Crippen molar-refractivity contribution in [3.05, 3.63) is 110 Å². The molecule has 2 atom stereocenters. The summed E-state index contributed by atoms with van der Waals surface area (Å²) < 4.78 is 35.5. The van der Waals surface area contributed by atoms with Crippen LogP contribution in [0.25, 0.3) is 6.08 Å². The summed E-state index contributed by atoms with van der Waals surface area (Å²) >= 11 is 7.02. The minimum Gasteiger partial charge on any atom is -0.461 e. The Bertz CT molecular complexity index is 1710. The van der Waals surface area contributed by atoms with Crippen LogP contribution in [0.2, 0.25) is 0 Å². The van der Waals surface area contributed by atoms with E-state index in [0.717, 1.165) is 15.6 Å². The summed E-state index contributed by atoms with van der Waals surface area (Å²) in [4.78, 5) is 53.5. The zero-order valence-electron chi connectivity index (χ0n) is 22.0. The third kappa shape index (κ3) is 5.69. The fourth-order valence-electron chi connectivity index (χ4n) is 4.81. The van der Waals surface area contributed by atoms with E-state index in [1.54, 1.807) is 12.1 Å². The SMILES string of the molecule is C[C@H](NS(=O)(=O)N1C(=O)c2ccccc2C1=O)C(=O)N1C=Cc2c(Br)ccc(Br)c2C1CC(=O)OCc1ccccc1. The van der Waals surface area contributed by atoms with Crippen LogP contribution in [-0.2, 0) is 31.1 Å². The first-order valence-corrected chi connectivity index (χ1v) is 15.7. The van der Waals surface area contributed by atoms with Gasteiger partial charge >= 0.3 is 16.2 Å². The Morgan fingerprint density at radius 3 is 2.17 bits per heavy atom. The van der Waals surface area contributed by atoms with Gasteiger partial charge in [0.1, 0.15) is 6.61 Å². The quantitative estimate of drug-likeness (QED) is 0.264. The van der Waals surface area contributed by atoms with Crippen molar-refractivity contribution in [3.8, 4) is 0 Å². The van der Waals surface area contributed by atoms with E-state index < -0.39 is 46.0 Å². The number of hydrogen-bond acceptors (Lipinski definition) is 7. The second kappa shape index (κ2) is 11.9. The molecule has 2 heterocycles. The number of esters is 1. The van der Waals surface area contributed by atoms with Crippen LogP contribution in [0.3, 0.4) is 0 Å². The molecule has 1 unspecified atom stereocenters. The van der Waals surface area contributed by atoms with Crippen LogP contribution in [-0.4, -0.2) is 47.4 Å². The first-order chi connectivity index (χ1) is 20.0. The number of fused-ring (bicyclic) bond motifs is 2. The second-order valence-electron chi connectivity index (χ2n) is 9.55. The van der Waals surface area contributed by atoms with E-state index in [1.807, 2.05) is 36.4 Å². The lowest BCUT2D eigenvalue weighted by Crippen LogP contribution is -2.52. The molecule has 42 heavy (non-hydrogen) atoms. The maximum atomic E-state index is 13.7. The van der Waals surface area contributed by atoms with Crippen molar-refractivity contribution in [3.63, 3.8) is 0 Å². The molecule has 13 heteroatoms. The molecule has 3 aromatic carbocycles. The lowest BCUT2D eigenvalue weighted by atomic mass is 9.93. The monoisotopic (exact) mass is 715 g/mol. The third-order valence-electron chi connectivity index (χ3n) is 6.80. The molecule has 2 aliphatic heterocycles. The largest absolute Gasteiger partial charge is 0.461 e. The number of amides is 3. The maximum Gasteiger partial charge on any atom is 0.311 e. The van der Waals surface area contributed by atoms with E-state index in [-0.39, 0.29) is 28.5 Å². The average Bonchev–Trinajstić information content (AvgIpc) is 3.24. The summed E-state index contributed by atoms with van der Waals surface area (Å²) in [5, 5.41) is 0. The van der Waals surface area contributed by atoms with Crippen molar-refractivity contribution in [1.29, 1.82) is 0 Å². The fourth-order valence-corrected chi connectivity index (χ4v) is 7.18. The molecule has 1 N–H and O–H groups in total. The molecule has 3 amide bonds. The lowest BCUT2D eigenvalue weighted by Gasteiger charge is -2.35. The van der Waals surface area contributed by atoms with Crippen LogP contribution in [0.1, 0.15) is 56.8 Å². The Labute approximate surface area is 258 Å². The highest BCUT2D eigenvalue weighted by Crippen LogP contribution is 2.41. The first kappa shape index (κ1) is 29.8. The smallest absolute Gasteiger partial charge is 0.311 e. The molecule has 3 aromatic rings. The van der Waals surface area contributed by atoms with Crippen LogP contribution in [0.5, 0.6) is 0 Å². The summed E-state index contributed by atoms with van der Waals surface area (Å²) in [6.45, 7) is 1.33. The van der Waals surface area contributed by atoms with Gasteiger partial charge in [0.25, 0.3) is 11.8 Å². The van der Waals surface area contributed by atoms with Gasteiger partial charge in [0, 0.05) is 15.1 Å². The van der Waals surface area contributed by atoms with Crippen LogP contribution in [0.15, 0.2) is 81.9 Å². The Hall–Kier alpha value is -3.65. The number of ether oxygens (including phenoxy) is 1. The van der Waals surface area contributed by atoms with Crippen LogP contribution < -0.4 is 4.72 Å². The Balaban J connectivity index is 1.38. The van der Waals surface area contributed by atoms with Crippen molar-refractivity contribution >= 4 is 71.8 Å². The molecule has 0 fully saturated rings. The van der Waals surface area contributed by atoms with Gasteiger partial charge in [-0.25, -0.2) is 0 Å². The predicted molar refractivity (Wildman–Crippen MR) is 160 cm³/mol. The summed E-state index contributed by atoms with van der Waals surface area (Å²) in [6.07, 6.45) is 2.89. The van der Waals surface area contributed by atoms with E-state index in [2.05, 4.69) is 36.6 Å². The zero-order chi connectivity index (χ0) is 30.2. The summed E-state index contributed by atoms with van der Waals surface area (Å²) in [7, 11) is -4.76. The van der Waals surface area contributed by atoms with E-state index >= 15 is 0 Å². The number of hydrogen-bond donors (Lipinski definition) is 1. The van der Waals surface area contributed by atoms with Gasteiger partial charge in [-0.1, -0.05) is 74.3 Å². The molecule has 0 bridgehead atoms. The van der Waals surface area contributed by atoms with E-state index in [4.69, 9.17) is 4.74 Å². The van der Waals surface area contributed by atoms with Gasteiger partial charge in [-0.15, -0.1) is 0 Å². The molecular weight excluding hydrogens is 694 g/mol. The topological polar surface area (TPSA) is 130 Å². The second-order valence-corrected chi connectivity index (χ2v) is 12.8. The van der Waals surface area contributed by atoms with Crippen LogP contribution in [0.4, 0.5) is 0 Å². The highest BCUT2D eigenvalue weighted by molar-refractivity contribution is 9.11. The van der Waals surface area contributed by atoms with Gasteiger partial charge in [-0.05, 0) is 54.0 Å². The van der Waals surface area contributed by atoms with Gasteiger partial charge in [0.15, 0.2) is 0 Å². The van der Waals surface area contributed by atoms with Gasteiger partial charge in [-0.3, -0.25) is 19.2 Å². The van der Waals surface area contributed by atoms with E-state index in [0.29, 0.717) is 10.0 Å². The molecule has 216 valence electrons. The maximum absolute atomic E-state index is 13.7. The molecule has 0 spiro atoms. The van der Waals surface area contributed by atoms with Crippen molar-refractivity contribution in [2.75, 3.05) is 0 Å². The minimum absolute atomic E-state index is 0.0408. The van der Waals surface area contributed by atoms with Gasteiger partial charge in [0.05, 0.1) is 29.6 Å². The van der Waals surface area contributed by atoms with Crippen molar-refractivity contribution in [2.45, 2.75) is 32.0 Å². The van der Waals surface area contributed by atoms with Gasteiger partial charge in [0.2, 0.25) is 5.91 Å². The number of nitrogens with one attached hydrogen (secondary N) is 1. The van der Waals surface area contributed by atoms with Crippen molar-refractivity contribution in [1.82, 2.24) is 13.9 Å². The molecule has 0 aliphatic carbocycles. The van der Waals surface area contributed by atoms with Gasteiger partial charge < -0.3 is 9.64 Å². The number of halogens is 2. The highest BCUT2D eigenvalue weighted by Gasteiger charge is 2.45. The lowest BCUT2D eigenvalue weighted by molar-refractivity contribution is -0.147. The average molecular weight is 717 g/mol. The molecule has 0 saturated carbocycles. The molecule has 0 saturated heterocycles.